The van der Waals surface area contributed by atoms with Crippen LogP contribution in [0.3, 0.4) is 0 Å². The summed E-state index contributed by atoms with van der Waals surface area (Å²) in [5.41, 5.74) is 0.469. The van der Waals surface area contributed by atoms with Gasteiger partial charge >= 0.3 is 5.97 Å². The number of hydrogen-bond donors (Lipinski definition) is 1. The van der Waals surface area contributed by atoms with Gasteiger partial charge in [-0.3, -0.25) is 0 Å². The van der Waals surface area contributed by atoms with Crippen LogP contribution in [0, 0.1) is 5.92 Å². The largest absolute Gasteiger partial charge is 0.478 e. The van der Waals surface area contributed by atoms with Crippen LogP contribution in [-0.2, 0) is 4.79 Å². The van der Waals surface area contributed by atoms with E-state index in [-0.39, 0.29) is 0 Å². The summed E-state index contributed by atoms with van der Waals surface area (Å²) in [6.07, 6.45) is 9.36. The molecule has 0 bridgehead atoms. The maximum Gasteiger partial charge on any atom is 0.330 e. The molecule has 1 unspecified atom stereocenters. The van der Waals surface area contributed by atoms with Crippen molar-refractivity contribution in [1.29, 1.82) is 0 Å². The first-order valence-corrected chi connectivity index (χ1v) is 5.99. The second-order valence-electron chi connectivity index (χ2n) is 4.34. The van der Waals surface area contributed by atoms with Crippen LogP contribution >= 0.6 is 0 Å². The van der Waals surface area contributed by atoms with Crippen molar-refractivity contribution >= 4 is 5.97 Å². The lowest BCUT2D eigenvalue weighted by Gasteiger charge is -2.06. The highest BCUT2D eigenvalue weighted by atomic mass is 16.4. The van der Waals surface area contributed by atoms with Gasteiger partial charge in [0.2, 0.25) is 0 Å². The molecule has 0 amide bonds. The summed E-state index contributed by atoms with van der Waals surface area (Å²) < 4.78 is 0. The van der Waals surface area contributed by atoms with Gasteiger partial charge in [0, 0.05) is 5.57 Å². The Bertz CT molecular complexity index is 207. The fourth-order valence-electron chi connectivity index (χ4n) is 1.65. The average molecular weight is 212 g/mol. The Balaban J connectivity index is 3.61. The summed E-state index contributed by atoms with van der Waals surface area (Å²) in [5, 5.41) is 8.70. The smallest absolute Gasteiger partial charge is 0.330 e. The second kappa shape index (κ2) is 8.51. The van der Waals surface area contributed by atoms with Gasteiger partial charge in [0.1, 0.15) is 0 Å². The second-order valence-corrected chi connectivity index (χ2v) is 4.34. The zero-order chi connectivity index (χ0) is 11.7. The number of carboxylic acids is 1. The van der Waals surface area contributed by atoms with E-state index in [0.717, 1.165) is 6.42 Å². The van der Waals surface area contributed by atoms with Crippen molar-refractivity contribution in [2.24, 2.45) is 5.92 Å². The van der Waals surface area contributed by atoms with Crippen molar-refractivity contribution in [3.05, 3.63) is 11.6 Å². The van der Waals surface area contributed by atoms with E-state index in [1.54, 1.807) is 6.92 Å². The summed E-state index contributed by atoms with van der Waals surface area (Å²) in [6, 6.07) is 0. The summed E-state index contributed by atoms with van der Waals surface area (Å²) in [7, 11) is 0. The van der Waals surface area contributed by atoms with E-state index < -0.39 is 5.97 Å². The summed E-state index contributed by atoms with van der Waals surface area (Å²) >= 11 is 0. The predicted octanol–water partition coefficient (Wildman–Crippen LogP) is 4.01. The Morgan fingerprint density at radius 2 is 1.87 bits per heavy atom. The topological polar surface area (TPSA) is 37.3 Å². The lowest BCUT2D eigenvalue weighted by atomic mass is 10.00. The summed E-state index contributed by atoms with van der Waals surface area (Å²) in [4.78, 5) is 10.6. The molecule has 0 spiro atoms. The van der Waals surface area contributed by atoms with Crippen molar-refractivity contribution in [3.8, 4) is 0 Å². The normalized spacial score (nSPS) is 13.9. The van der Waals surface area contributed by atoms with Gasteiger partial charge in [0.05, 0.1) is 0 Å². The zero-order valence-electron chi connectivity index (χ0n) is 10.3. The molecule has 0 aromatic heterocycles. The molecule has 0 heterocycles. The van der Waals surface area contributed by atoms with Crippen LogP contribution in [0.1, 0.15) is 59.3 Å². The van der Waals surface area contributed by atoms with E-state index in [4.69, 9.17) is 5.11 Å². The number of unbranched alkanes of at least 4 members (excludes halogenated alkanes) is 4. The number of rotatable bonds is 8. The molecular formula is C13H24O2. The molecule has 0 aliphatic heterocycles. The van der Waals surface area contributed by atoms with Crippen molar-refractivity contribution in [1.82, 2.24) is 0 Å². The first kappa shape index (κ1) is 14.2. The molecule has 0 aliphatic carbocycles. The van der Waals surface area contributed by atoms with Crippen LogP contribution < -0.4 is 0 Å². The van der Waals surface area contributed by atoms with Crippen LogP contribution in [0.25, 0.3) is 0 Å². The first-order chi connectivity index (χ1) is 7.07. The maximum atomic E-state index is 10.6. The average Bonchev–Trinajstić information content (AvgIpc) is 2.17. The Labute approximate surface area is 93.4 Å². The van der Waals surface area contributed by atoms with Gasteiger partial charge in [-0.1, -0.05) is 52.0 Å². The minimum atomic E-state index is -0.798. The van der Waals surface area contributed by atoms with Crippen molar-refractivity contribution < 1.29 is 9.90 Å². The number of carboxylic acid groups (broad SMARTS) is 1. The number of allylic oxidation sites excluding steroid dienone is 1. The quantitative estimate of drug-likeness (QED) is 0.487. The van der Waals surface area contributed by atoms with Gasteiger partial charge < -0.3 is 5.11 Å². The monoisotopic (exact) mass is 212 g/mol. The highest BCUT2D eigenvalue weighted by Gasteiger charge is 2.03. The molecule has 0 saturated heterocycles. The SMILES string of the molecule is CCCCCCCC(C)/C=C(\C)C(=O)O. The van der Waals surface area contributed by atoms with Crippen LogP contribution in [0.15, 0.2) is 11.6 Å². The Hall–Kier alpha value is -0.790. The van der Waals surface area contributed by atoms with E-state index >= 15 is 0 Å². The molecule has 0 radical (unpaired) electrons. The Kier molecular flexibility index (Phi) is 8.06. The van der Waals surface area contributed by atoms with Gasteiger partial charge in [0.25, 0.3) is 0 Å². The third-order valence-electron chi connectivity index (χ3n) is 2.63. The summed E-state index contributed by atoms with van der Waals surface area (Å²) in [5.74, 6) is -0.407. The van der Waals surface area contributed by atoms with E-state index in [1.165, 1.54) is 32.1 Å². The highest BCUT2D eigenvalue weighted by Crippen LogP contribution is 2.14. The number of carbonyl (C=O) groups is 1. The van der Waals surface area contributed by atoms with Crippen LogP contribution in [0.4, 0.5) is 0 Å². The lowest BCUT2D eigenvalue weighted by molar-refractivity contribution is -0.132. The standard InChI is InChI=1S/C13H24O2/c1-4-5-6-7-8-9-11(2)10-12(3)13(14)15/h10-11H,4-9H2,1-3H3,(H,14,15)/b12-10+. The minimum Gasteiger partial charge on any atom is -0.478 e. The van der Waals surface area contributed by atoms with Crippen molar-refractivity contribution in [3.63, 3.8) is 0 Å². The fraction of sp³-hybridized carbons (Fsp3) is 0.769. The molecule has 0 aromatic carbocycles. The molecule has 2 heteroatoms. The van der Waals surface area contributed by atoms with Crippen molar-refractivity contribution in [2.45, 2.75) is 59.3 Å². The molecule has 0 fully saturated rings. The molecule has 1 atom stereocenters. The third kappa shape index (κ3) is 8.22. The molecule has 1 N–H and O–H groups in total. The molecular weight excluding hydrogens is 188 g/mol. The highest BCUT2D eigenvalue weighted by molar-refractivity contribution is 5.85. The van der Waals surface area contributed by atoms with Crippen LogP contribution in [0.2, 0.25) is 0 Å². The third-order valence-corrected chi connectivity index (χ3v) is 2.63. The first-order valence-electron chi connectivity index (χ1n) is 5.99. The lowest BCUT2D eigenvalue weighted by Crippen LogP contribution is -1.99. The van der Waals surface area contributed by atoms with Gasteiger partial charge in [-0.05, 0) is 19.3 Å². The molecule has 0 saturated carbocycles. The molecule has 88 valence electrons. The van der Waals surface area contributed by atoms with Crippen LogP contribution in [0.5, 0.6) is 0 Å². The van der Waals surface area contributed by atoms with Gasteiger partial charge in [0.15, 0.2) is 0 Å². The molecule has 0 aromatic rings. The van der Waals surface area contributed by atoms with Gasteiger partial charge in [-0.25, -0.2) is 4.79 Å². The molecule has 0 rings (SSSR count). The van der Waals surface area contributed by atoms with Gasteiger partial charge in [-0.15, -0.1) is 0 Å². The number of aliphatic carboxylic acids is 1. The van der Waals surface area contributed by atoms with Gasteiger partial charge in [-0.2, -0.15) is 0 Å². The molecule has 0 aliphatic rings. The number of hydrogen-bond acceptors (Lipinski definition) is 1. The molecule has 15 heavy (non-hydrogen) atoms. The van der Waals surface area contributed by atoms with E-state index in [9.17, 15) is 4.79 Å². The fourth-order valence-corrected chi connectivity index (χ4v) is 1.65. The van der Waals surface area contributed by atoms with E-state index in [1.807, 2.05) is 6.08 Å². The predicted molar refractivity (Wildman–Crippen MR) is 63.9 cm³/mol. The van der Waals surface area contributed by atoms with Crippen LogP contribution in [-0.4, -0.2) is 11.1 Å². The van der Waals surface area contributed by atoms with E-state index in [2.05, 4.69) is 13.8 Å². The minimum absolute atomic E-state index is 0.391. The molecule has 2 nitrogen and oxygen atoms in total. The Morgan fingerprint density at radius 1 is 1.27 bits per heavy atom. The van der Waals surface area contributed by atoms with Crippen molar-refractivity contribution in [2.75, 3.05) is 0 Å². The van der Waals surface area contributed by atoms with E-state index in [0.29, 0.717) is 11.5 Å². The maximum absolute atomic E-state index is 10.6. The zero-order valence-corrected chi connectivity index (χ0v) is 10.3. The Morgan fingerprint density at radius 3 is 2.40 bits per heavy atom. The summed E-state index contributed by atoms with van der Waals surface area (Å²) in [6.45, 7) is 5.96.